The Morgan fingerprint density at radius 2 is 2.03 bits per heavy atom. The minimum absolute atomic E-state index is 0.112. The molecule has 174 valence electrons. The Labute approximate surface area is 197 Å². The molecule has 1 saturated heterocycles. The second-order valence-corrected chi connectivity index (χ2v) is 8.59. The average molecular weight is 481 g/mol. The van der Waals surface area contributed by atoms with E-state index in [9.17, 15) is 24.5 Å². The van der Waals surface area contributed by atoms with Crippen molar-refractivity contribution in [2.45, 2.75) is 25.4 Å². The van der Waals surface area contributed by atoms with Crippen molar-refractivity contribution in [3.8, 4) is 6.07 Å². The van der Waals surface area contributed by atoms with E-state index in [1.807, 2.05) is 6.07 Å². The molecule has 1 N–H and O–H groups in total. The van der Waals surface area contributed by atoms with Gasteiger partial charge in [-0.25, -0.2) is 4.79 Å². The number of hydrogen-bond donors (Lipinski definition) is 1. The van der Waals surface area contributed by atoms with Crippen LogP contribution in [0.15, 0.2) is 51.7 Å². The number of fused-ring (bicyclic) bond motifs is 1. The molecule has 1 atom stereocenters. The zero-order valence-corrected chi connectivity index (χ0v) is 18.6. The van der Waals surface area contributed by atoms with Crippen molar-refractivity contribution in [3.05, 3.63) is 68.7 Å². The quantitative estimate of drug-likeness (QED) is 0.399. The number of thioether (sulfide) groups is 1. The molecule has 11 nitrogen and oxygen atoms in total. The number of carbonyl (C=O) groups excluding carboxylic acids is 2. The van der Waals surface area contributed by atoms with Crippen LogP contribution in [-0.4, -0.2) is 43.9 Å². The van der Waals surface area contributed by atoms with Gasteiger partial charge in [0.1, 0.15) is 6.04 Å². The lowest BCUT2D eigenvalue weighted by molar-refractivity contribution is -0.384. The summed E-state index contributed by atoms with van der Waals surface area (Å²) in [7, 11) is 0. The lowest BCUT2D eigenvalue weighted by Crippen LogP contribution is -2.44. The number of aryl methyl sites for hydroxylation is 1. The Kier molecular flexibility index (Phi) is 6.65. The van der Waals surface area contributed by atoms with Crippen molar-refractivity contribution in [3.63, 3.8) is 0 Å². The summed E-state index contributed by atoms with van der Waals surface area (Å²) in [5.41, 5.74) is 1.37. The van der Waals surface area contributed by atoms with Crippen LogP contribution < -0.4 is 11.1 Å². The number of rotatable bonds is 7. The van der Waals surface area contributed by atoms with E-state index in [4.69, 9.17) is 9.68 Å². The second kappa shape index (κ2) is 9.80. The predicted octanol–water partition coefficient (Wildman–Crippen LogP) is 2.69. The van der Waals surface area contributed by atoms with Crippen molar-refractivity contribution in [2.24, 2.45) is 0 Å². The molecule has 12 heteroatoms. The Morgan fingerprint density at radius 3 is 2.74 bits per heavy atom. The van der Waals surface area contributed by atoms with Gasteiger partial charge in [-0.1, -0.05) is 0 Å². The summed E-state index contributed by atoms with van der Waals surface area (Å²) in [5.74, 6) is -0.302. The van der Waals surface area contributed by atoms with Gasteiger partial charge >= 0.3 is 5.76 Å². The average Bonchev–Trinajstić information content (AvgIpc) is 3.44. The predicted molar refractivity (Wildman–Crippen MR) is 124 cm³/mol. The number of non-ortho nitro benzene ring substituents is 1. The van der Waals surface area contributed by atoms with Crippen LogP contribution >= 0.6 is 11.8 Å². The number of nitrogens with zero attached hydrogens (tertiary/aromatic N) is 4. The molecule has 2 aromatic carbocycles. The van der Waals surface area contributed by atoms with Crippen molar-refractivity contribution < 1.29 is 18.9 Å². The normalized spacial score (nSPS) is 15.3. The number of nitro groups is 1. The summed E-state index contributed by atoms with van der Waals surface area (Å²) >= 11 is 1.48. The number of oxazole rings is 1. The first-order valence-electron chi connectivity index (χ1n) is 10.3. The Balaban J connectivity index is 1.36. The third-order valence-electron chi connectivity index (χ3n) is 5.42. The minimum atomic E-state index is -0.653. The molecule has 34 heavy (non-hydrogen) atoms. The molecular weight excluding hydrogens is 462 g/mol. The standard InChI is InChI=1S/C22H19N5O6S/c23-11-14-3-5-15(6-4-14)24-21(29)18-12-34-13-26(18)20(28)2-1-9-25-17-8-7-16(27(31)32)10-19(17)33-22(25)30/h3-8,10,18H,1-2,9,12-13H2,(H,24,29). The maximum absolute atomic E-state index is 12.8. The molecule has 0 radical (unpaired) electrons. The Bertz CT molecular complexity index is 1360. The molecule has 0 bridgehead atoms. The number of carbonyl (C=O) groups is 2. The summed E-state index contributed by atoms with van der Waals surface area (Å²) < 4.78 is 6.43. The number of nitrogens with one attached hydrogen (secondary N) is 1. The van der Waals surface area contributed by atoms with E-state index in [0.717, 1.165) is 0 Å². The van der Waals surface area contributed by atoms with Crippen LogP contribution in [0.1, 0.15) is 18.4 Å². The first-order chi connectivity index (χ1) is 16.4. The van der Waals surface area contributed by atoms with Crippen LogP contribution in [0.5, 0.6) is 0 Å². The number of hydrogen-bond acceptors (Lipinski definition) is 8. The lowest BCUT2D eigenvalue weighted by atomic mass is 10.2. The molecule has 1 aromatic heterocycles. The summed E-state index contributed by atoms with van der Waals surface area (Å²) in [6.45, 7) is 0.193. The van der Waals surface area contributed by atoms with Gasteiger partial charge < -0.3 is 14.6 Å². The van der Waals surface area contributed by atoms with Gasteiger partial charge in [-0.05, 0) is 36.8 Å². The largest absolute Gasteiger partial charge is 0.419 e. The van der Waals surface area contributed by atoms with E-state index < -0.39 is 16.7 Å². The number of nitriles is 1. The number of aromatic nitrogens is 1. The van der Waals surface area contributed by atoms with Gasteiger partial charge in [-0.3, -0.25) is 24.3 Å². The van der Waals surface area contributed by atoms with Crippen molar-refractivity contribution in [2.75, 3.05) is 16.9 Å². The van der Waals surface area contributed by atoms with Crippen LogP contribution in [0, 0.1) is 21.4 Å². The number of anilines is 1. The molecule has 1 aliphatic rings. The molecule has 3 aromatic rings. The highest BCUT2D eigenvalue weighted by atomic mass is 32.2. The topological polar surface area (TPSA) is 151 Å². The third kappa shape index (κ3) is 4.79. The first kappa shape index (κ1) is 23.1. The molecule has 0 aliphatic carbocycles. The van der Waals surface area contributed by atoms with Gasteiger partial charge in [0.2, 0.25) is 11.8 Å². The zero-order valence-electron chi connectivity index (χ0n) is 17.8. The van der Waals surface area contributed by atoms with Gasteiger partial charge in [0, 0.05) is 30.5 Å². The third-order valence-corrected chi connectivity index (χ3v) is 6.43. The summed E-state index contributed by atoms with van der Waals surface area (Å²) in [5, 5.41) is 22.6. The number of nitro benzene ring substituents is 1. The molecule has 4 rings (SSSR count). The van der Waals surface area contributed by atoms with E-state index in [2.05, 4.69) is 5.32 Å². The van der Waals surface area contributed by atoms with Crippen LogP contribution in [-0.2, 0) is 16.1 Å². The van der Waals surface area contributed by atoms with E-state index in [1.54, 1.807) is 24.3 Å². The van der Waals surface area contributed by atoms with Crippen LogP contribution in [0.4, 0.5) is 11.4 Å². The lowest BCUT2D eigenvalue weighted by Gasteiger charge is -2.23. The van der Waals surface area contributed by atoms with E-state index in [0.29, 0.717) is 34.8 Å². The van der Waals surface area contributed by atoms with Crippen LogP contribution in [0.25, 0.3) is 11.1 Å². The van der Waals surface area contributed by atoms with Gasteiger partial charge in [0.05, 0.1) is 34.0 Å². The molecule has 0 spiro atoms. The summed E-state index contributed by atoms with van der Waals surface area (Å²) in [6.07, 6.45) is 0.447. The summed E-state index contributed by atoms with van der Waals surface area (Å²) in [4.78, 5) is 49.5. The second-order valence-electron chi connectivity index (χ2n) is 7.59. The number of amides is 2. The fraction of sp³-hybridized carbons (Fsp3) is 0.273. The van der Waals surface area contributed by atoms with Gasteiger partial charge in [0.15, 0.2) is 5.58 Å². The molecule has 0 saturated carbocycles. The van der Waals surface area contributed by atoms with E-state index in [-0.39, 0.29) is 36.1 Å². The van der Waals surface area contributed by atoms with Crippen LogP contribution in [0.3, 0.4) is 0 Å². The fourth-order valence-electron chi connectivity index (χ4n) is 3.67. The summed E-state index contributed by atoms with van der Waals surface area (Å²) in [6, 6.07) is 11.8. The number of benzene rings is 2. The van der Waals surface area contributed by atoms with Crippen molar-refractivity contribution >= 4 is 46.1 Å². The first-order valence-corrected chi connectivity index (χ1v) is 11.5. The SMILES string of the molecule is N#Cc1ccc(NC(=O)C2CSCN2C(=O)CCCn2c(=O)oc3cc([N+](=O)[O-])ccc32)cc1. The zero-order chi connectivity index (χ0) is 24.2. The fourth-order valence-corrected chi connectivity index (χ4v) is 4.85. The van der Waals surface area contributed by atoms with Gasteiger partial charge in [-0.2, -0.15) is 5.26 Å². The van der Waals surface area contributed by atoms with Gasteiger partial charge in [-0.15, -0.1) is 11.8 Å². The molecule has 2 amide bonds. The monoisotopic (exact) mass is 481 g/mol. The van der Waals surface area contributed by atoms with Crippen LogP contribution in [0.2, 0.25) is 0 Å². The molecule has 1 aliphatic heterocycles. The van der Waals surface area contributed by atoms with Crippen molar-refractivity contribution in [1.29, 1.82) is 5.26 Å². The highest BCUT2D eigenvalue weighted by molar-refractivity contribution is 7.99. The molecule has 1 fully saturated rings. The Hall–Kier alpha value is -4.11. The minimum Gasteiger partial charge on any atom is -0.407 e. The van der Waals surface area contributed by atoms with Crippen molar-refractivity contribution in [1.82, 2.24) is 9.47 Å². The van der Waals surface area contributed by atoms with E-state index >= 15 is 0 Å². The van der Waals surface area contributed by atoms with Gasteiger partial charge in [0.25, 0.3) is 5.69 Å². The highest BCUT2D eigenvalue weighted by Crippen LogP contribution is 2.24. The molecular formula is C22H19N5O6S. The highest BCUT2D eigenvalue weighted by Gasteiger charge is 2.34. The molecule has 1 unspecified atom stereocenters. The maximum Gasteiger partial charge on any atom is 0.419 e. The van der Waals surface area contributed by atoms with E-state index in [1.165, 1.54) is 39.4 Å². The maximum atomic E-state index is 12.8. The molecule has 2 heterocycles. The Morgan fingerprint density at radius 1 is 1.26 bits per heavy atom. The smallest absolute Gasteiger partial charge is 0.407 e.